The maximum atomic E-state index is 12.8. The maximum absolute atomic E-state index is 12.8. The molecule has 0 saturated heterocycles. The van der Waals surface area contributed by atoms with E-state index in [4.69, 9.17) is 17.0 Å². The van der Waals surface area contributed by atoms with Gasteiger partial charge in [0.15, 0.2) is 0 Å². The van der Waals surface area contributed by atoms with Crippen LogP contribution in [0.5, 0.6) is 0 Å². The van der Waals surface area contributed by atoms with Crippen molar-refractivity contribution in [1.29, 1.82) is 0 Å². The molecule has 0 saturated carbocycles. The molecule has 3 aromatic rings. The third-order valence-electron chi connectivity index (χ3n) is 4.22. The number of benzene rings is 1. The number of hydrogen-bond acceptors (Lipinski definition) is 5. The lowest BCUT2D eigenvalue weighted by Gasteiger charge is -2.17. The summed E-state index contributed by atoms with van der Waals surface area (Å²) < 4.78 is 34.2. The minimum Gasteiger partial charge on any atom is -0.467 e. The predicted molar refractivity (Wildman–Crippen MR) is 112 cm³/mol. The molecule has 140 valence electrons. The fourth-order valence-electron chi connectivity index (χ4n) is 3.03. The quantitative estimate of drug-likeness (QED) is 0.552. The van der Waals surface area contributed by atoms with E-state index in [1.807, 2.05) is 37.5 Å². The molecule has 1 aliphatic rings. The van der Waals surface area contributed by atoms with Crippen LogP contribution in [0.3, 0.4) is 0 Å². The van der Waals surface area contributed by atoms with E-state index in [9.17, 15) is 8.42 Å². The monoisotopic (exact) mass is 419 g/mol. The topological polar surface area (TPSA) is 83.2 Å². The van der Waals surface area contributed by atoms with Gasteiger partial charge >= 0.3 is 0 Å². The van der Waals surface area contributed by atoms with Gasteiger partial charge in [-0.05, 0) is 59.9 Å². The summed E-state index contributed by atoms with van der Waals surface area (Å²) in [6.45, 7) is 1.90. The number of rotatable bonds is 4. The van der Waals surface area contributed by atoms with Crippen LogP contribution in [-0.2, 0) is 21.2 Å². The van der Waals surface area contributed by atoms with Gasteiger partial charge in [0.25, 0.3) is 15.2 Å². The molecule has 9 heteroatoms. The van der Waals surface area contributed by atoms with Crippen LogP contribution in [-0.4, -0.2) is 24.7 Å². The van der Waals surface area contributed by atoms with Crippen LogP contribution >= 0.6 is 23.6 Å². The van der Waals surface area contributed by atoms with E-state index >= 15 is 0 Å². The molecular formula is C18H17N3O3S3. The standard InChI is InChI=1S/C18H17N3O3S3/c1-11-7-14-15(20-18(25)24-11)8-13(12-4-5-19-10-12)9-16(14)21-27(22,23)17-3-2-6-26-17/h2-6,8-11,19,21H,7H2,1H3,(H,20,25). The summed E-state index contributed by atoms with van der Waals surface area (Å²) >= 11 is 6.41. The molecule has 0 bridgehead atoms. The second kappa shape index (κ2) is 6.99. The highest BCUT2D eigenvalue weighted by atomic mass is 32.2. The number of aromatic nitrogens is 1. The van der Waals surface area contributed by atoms with Crippen molar-refractivity contribution in [3.63, 3.8) is 0 Å². The number of ether oxygens (including phenoxy) is 1. The molecule has 1 aliphatic heterocycles. The maximum Gasteiger partial charge on any atom is 0.271 e. The Bertz CT molecular complexity index is 1070. The predicted octanol–water partition coefficient (Wildman–Crippen LogP) is 4.20. The van der Waals surface area contributed by atoms with Crippen LogP contribution in [0.15, 0.2) is 52.3 Å². The zero-order valence-corrected chi connectivity index (χ0v) is 16.8. The van der Waals surface area contributed by atoms with Crippen molar-refractivity contribution >= 4 is 50.1 Å². The number of sulfonamides is 1. The van der Waals surface area contributed by atoms with Crippen LogP contribution in [0, 0.1) is 0 Å². The molecular weight excluding hydrogens is 402 g/mol. The fourth-order valence-corrected chi connectivity index (χ4v) is 5.38. The summed E-state index contributed by atoms with van der Waals surface area (Å²) in [5.74, 6) is 0. The Morgan fingerprint density at radius 1 is 1.30 bits per heavy atom. The Morgan fingerprint density at radius 2 is 2.15 bits per heavy atom. The number of fused-ring (bicyclic) bond motifs is 1. The van der Waals surface area contributed by atoms with Gasteiger partial charge in [0.1, 0.15) is 10.3 Å². The van der Waals surface area contributed by atoms with Gasteiger partial charge in [-0.3, -0.25) is 4.72 Å². The molecule has 1 aromatic carbocycles. The highest BCUT2D eigenvalue weighted by Gasteiger charge is 2.24. The number of aromatic amines is 1. The van der Waals surface area contributed by atoms with Gasteiger partial charge in [-0.1, -0.05) is 6.07 Å². The smallest absolute Gasteiger partial charge is 0.271 e. The summed E-state index contributed by atoms with van der Waals surface area (Å²) in [5.41, 5.74) is 3.89. The summed E-state index contributed by atoms with van der Waals surface area (Å²) in [7, 11) is -3.67. The first-order chi connectivity index (χ1) is 12.9. The Balaban J connectivity index is 1.85. The molecule has 2 aromatic heterocycles. The summed E-state index contributed by atoms with van der Waals surface area (Å²) in [4.78, 5) is 3.02. The first kappa shape index (κ1) is 18.0. The van der Waals surface area contributed by atoms with Crippen molar-refractivity contribution in [3.8, 4) is 11.1 Å². The van der Waals surface area contributed by atoms with Crippen LogP contribution in [0.1, 0.15) is 12.5 Å². The number of H-pyrrole nitrogens is 1. The third-order valence-corrected chi connectivity index (χ3v) is 7.18. The second-order valence-corrected chi connectivity index (χ2v) is 9.46. The van der Waals surface area contributed by atoms with Crippen molar-refractivity contribution in [2.24, 2.45) is 0 Å². The lowest BCUT2D eigenvalue weighted by molar-refractivity contribution is 0.217. The van der Waals surface area contributed by atoms with Gasteiger partial charge in [0, 0.05) is 30.1 Å². The molecule has 0 fully saturated rings. The van der Waals surface area contributed by atoms with E-state index in [1.54, 1.807) is 17.5 Å². The van der Waals surface area contributed by atoms with Crippen LogP contribution in [0.2, 0.25) is 0 Å². The first-order valence-electron chi connectivity index (χ1n) is 8.26. The third kappa shape index (κ3) is 3.71. The van der Waals surface area contributed by atoms with E-state index in [-0.39, 0.29) is 15.5 Å². The van der Waals surface area contributed by atoms with Gasteiger partial charge in [-0.25, -0.2) is 8.42 Å². The lowest BCUT2D eigenvalue weighted by Crippen LogP contribution is -2.17. The molecule has 27 heavy (non-hydrogen) atoms. The Kier molecular flexibility index (Phi) is 4.67. The van der Waals surface area contributed by atoms with E-state index in [2.05, 4.69) is 15.0 Å². The van der Waals surface area contributed by atoms with Crippen LogP contribution in [0.25, 0.3) is 11.1 Å². The molecule has 0 spiro atoms. The first-order valence-corrected chi connectivity index (χ1v) is 11.0. The van der Waals surface area contributed by atoms with E-state index < -0.39 is 10.0 Å². The summed E-state index contributed by atoms with van der Waals surface area (Å²) in [6, 6.07) is 9.02. The Morgan fingerprint density at radius 3 is 2.85 bits per heavy atom. The number of nitrogens with one attached hydrogen (secondary N) is 3. The summed E-state index contributed by atoms with van der Waals surface area (Å²) in [5, 5.41) is 5.10. The average Bonchev–Trinajstić information content (AvgIpc) is 3.28. The highest BCUT2D eigenvalue weighted by Crippen LogP contribution is 2.36. The second-order valence-electron chi connectivity index (χ2n) is 6.23. The zero-order chi connectivity index (χ0) is 19.0. The molecule has 6 nitrogen and oxygen atoms in total. The van der Waals surface area contributed by atoms with Gasteiger partial charge in [0.05, 0.1) is 5.69 Å². The van der Waals surface area contributed by atoms with E-state index in [1.165, 1.54) is 11.3 Å². The Labute approximate surface area is 166 Å². The van der Waals surface area contributed by atoms with E-state index in [0.717, 1.165) is 22.4 Å². The summed E-state index contributed by atoms with van der Waals surface area (Å²) in [6.07, 6.45) is 4.03. The minimum atomic E-state index is -3.67. The SMILES string of the molecule is CC1Cc2c(cc(-c3cc[nH]c3)cc2NS(=O)(=O)c2cccs2)NC(=S)O1. The molecule has 0 amide bonds. The molecule has 3 heterocycles. The molecule has 0 aliphatic carbocycles. The molecule has 1 atom stereocenters. The van der Waals surface area contributed by atoms with Gasteiger partial charge in [0.2, 0.25) is 0 Å². The van der Waals surface area contributed by atoms with Gasteiger partial charge in [-0.2, -0.15) is 0 Å². The fraction of sp³-hybridized carbons (Fsp3) is 0.167. The number of thiocarbonyl (C=S) groups is 1. The molecule has 4 rings (SSSR count). The van der Waals surface area contributed by atoms with Crippen molar-refractivity contribution < 1.29 is 13.2 Å². The van der Waals surface area contributed by atoms with Gasteiger partial charge < -0.3 is 15.0 Å². The van der Waals surface area contributed by atoms with Crippen LogP contribution in [0.4, 0.5) is 11.4 Å². The highest BCUT2D eigenvalue weighted by molar-refractivity contribution is 7.94. The van der Waals surface area contributed by atoms with Crippen molar-refractivity contribution in [3.05, 3.63) is 53.7 Å². The van der Waals surface area contributed by atoms with E-state index in [0.29, 0.717) is 12.1 Å². The lowest BCUT2D eigenvalue weighted by atomic mass is 9.99. The normalized spacial score (nSPS) is 16.8. The zero-order valence-electron chi connectivity index (χ0n) is 14.4. The Hall–Kier alpha value is -2.36. The van der Waals surface area contributed by atoms with Crippen molar-refractivity contribution in [1.82, 2.24) is 4.98 Å². The van der Waals surface area contributed by atoms with Crippen molar-refractivity contribution in [2.45, 2.75) is 23.7 Å². The molecule has 3 N–H and O–H groups in total. The largest absolute Gasteiger partial charge is 0.467 e. The average molecular weight is 420 g/mol. The van der Waals surface area contributed by atoms with Crippen molar-refractivity contribution in [2.75, 3.05) is 10.0 Å². The van der Waals surface area contributed by atoms with Crippen LogP contribution < -0.4 is 10.0 Å². The molecule has 1 unspecified atom stereocenters. The molecule has 0 radical (unpaired) electrons. The number of hydrogen-bond donors (Lipinski definition) is 3. The minimum absolute atomic E-state index is 0.172. The number of anilines is 2. The van der Waals surface area contributed by atoms with Gasteiger partial charge in [-0.15, -0.1) is 11.3 Å². The number of thiophene rings is 1.